The van der Waals surface area contributed by atoms with E-state index in [-0.39, 0.29) is 6.01 Å². The molecule has 2 aromatic rings. The number of benzene rings is 1. The third kappa shape index (κ3) is 3.24. The Morgan fingerprint density at radius 1 is 1.35 bits per heavy atom. The molecule has 4 nitrogen and oxygen atoms in total. The number of hydrogen-bond donors (Lipinski definition) is 1. The fourth-order valence-electron chi connectivity index (χ4n) is 1.67. The zero-order valence-electron chi connectivity index (χ0n) is 9.85. The Morgan fingerprint density at radius 2 is 2.24 bits per heavy atom. The van der Waals surface area contributed by atoms with Crippen LogP contribution in [0.1, 0.15) is 18.2 Å². The molecule has 0 unspecified atom stereocenters. The number of aromatic nitrogens is 1. The number of oxazole rings is 1. The maximum Gasteiger partial charge on any atom is 0.292 e. The van der Waals surface area contributed by atoms with Crippen LogP contribution in [0.4, 0.5) is 6.01 Å². The van der Waals surface area contributed by atoms with E-state index >= 15 is 0 Å². The van der Waals surface area contributed by atoms with Crippen LogP contribution >= 0.6 is 0 Å². The lowest BCUT2D eigenvalue weighted by Crippen LogP contribution is -1.95. The summed E-state index contributed by atoms with van der Waals surface area (Å²) in [6.07, 6.45) is 3.31. The number of nitrogen functional groups attached to an aromatic ring is 1. The summed E-state index contributed by atoms with van der Waals surface area (Å²) < 4.78 is 10.4. The van der Waals surface area contributed by atoms with Crippen molar-refractivity contribution in [1.82, 2.24) is 4.98 Å². The average Bonchev–Trinajstić information content (AvgIpc) is 2.74. The van der Waals surface area contributed by atoms with Gasteiger partial charge in [0.15, 0.2) is 0 Å². The van der Waals surface area contributed by atoms with Gasteiger partial charge in [-0.25, -0.2) is 0 Å². The van der Waals surface area contributed by atoms with Crippen molar-refractivity contribution >= 4 is 6.01 Å². The molecule has 0 aliphatic rings. The van der Waals surface area contributed by atoms with Crippen molar-refractivity contribution in [1.29, 1.82) is 0 Å². The Kier molecular flexibility index (Phi) is 3.65. The Balaban J connectivity index is 1.96. The fraction of sp³-hybridized carbons (Fsp3) is 0.308. The van der Waals surface area contributed by atoms with Gasteiger partial charge >= 0.3 is 0 Å². The molecule has 0 amide bonds. The number of anilines is 1. The molecule has 1 aromatic heterocycles. The van der Waals surface area contributed by atoms with E-state index in [9.17, 15) is 0 Å². The van der Waals surface area contributed by atoms with E-state index in [0.717, 1.165) is 24.3 Å². The molecule has 0 bridgehead atoms. The molecule has 0 aliphatic heterocycles. The van der Waals surface area contributed by atoms with E-state index in [0.29, 0.717) is 6.61 Å². The number of nitrogens with zero attached hydrogens (tertiary/aromatic N) is 1. The maximum absolute atomic E-state index is 5.45. The van der Waals surface area contributed by atoms with Crippen LogP contribution in [0.2, 0.25) is 0 Å². The van der Waals surface area contributed by atoms with Crippen LogP contribution in [0.3, 0.4) is 0 Å². The summed E-state index contributed by atoms with van der Waals surface area (Å²) >= 11 is 0. The monoisotopic (exact) mass is 232 g/mol. The van der Waals surface area contributed by atoms with Crippen LogP contribution in [0.5, 0.6) is 5.75 Å². The summed E-state index contributed by atoms with van der Waals surface area (Å²) in [6.45, 7) is 2.66. The van der Waals surface area contributed by atoms with E-state index in [4.69, 9.17) is 14.9 Å². The Labute approximate surface area is 100 Å². The average molecular weight is 232 g/mol. The van der Waals surface area contributed by atoms with Gasteiger partial charge in [-0.15, -0.1) is 0 Å². The number of ether oxygens (including phenoxy) is 1. The smallest absolute Gasteiger partial charge is 0.292 e. The standard InChI is InChI=1S/C13H16N2O2/c1-2-16-12-5-3-4-10(8-12)6-7-11-9-17-13(14)15-11/h3-5,8-9H,2,6-7H2,1H3,(H2,14,15). The molecule has 1 aromatic carbocycles. The molecule has 0 aliphatic carbocycles. The van der Waals surface area contributed by atoms with Crippen molar-refractivity contribution in [3.05, 3.63) is 41.8 Å². The molecule has 2 rings (SSSR count). The maximum atomic E-state index is 5.45. The number of rotatable bonds is 5. The van der Waals surface area contributed by atoms with E-state index < -0.39 is 0 Å². The normalized spacial score (nSPS) is 10.4. The second-order valence-corrected chi connectivity index (χ2v) is 3.76. The van der Waals surface area contributed by atoms with Crippen molar-refractivity contribution < 1.29 is 9.15 Å². The summed E-state index contributed by atoms with van der Waals surface area (Å²) in [5.41, 5.74) is 7.51. The summed E-state index contributed by atoms with van der Waals surface area (Å²) in [7, 11) is 0. The van der Waals surface area contributed by atoms with Crippen molar-refractivity contribution in [2.45, 2.75) is 19.8 Å². The van der Waals surface area contributed by atoms with Gasteiger partial charge in [0.05, 0.1) is 12.3 Å². The Bertz CT molecular complexity index is 480. The van der Waals surface area contributed by atoms with Crippen molar-refractivity contribution in [2.24, 2.45) is 0 Å². The van der Waals surface area contributed by atoms with Crippen LogP contribution in [-0.4, -0.2) is 11.6 Å². The zero-order valence-corrected chi connectivity index (χ0v) is 9.85. The minimum atomic E-state index is 0.225. The van der Waals surface area contributed by atoms with E-state index in [2.05, 4.69) is 11.1 Å². The number of aryl methyl sites for hydroxylation is 2. The van der Waals surface area contributed by atoms with Gasteiger partial charge in [-0.05, 0) is 37.5 Å². The first-order valence-electron chi connectivity index (χ1n) is 5.69. The van der Waals surface area contributed by atoms with Crippen LogP contribution in [0, 0.1) is 0 Å². The fourth-order valence-corrected chi connectivity index (χ4v) is 1.67. The van der Waals surface area contributed by atoms with E-state index in [1.807, 2.05) is 25.1 Å². The molecule has 0 radical (unpaired) electrons. The second-order valence-electron chi connectivity index (χ2n) is 3.76. The van der Waals surface area contributed by atoms with Gasteiger partial charge in [-0.1, -0.05) is 12.1 Å². The third-order valence-corrected chi connectivity index (χ3v) is 2.45. The van der Waals surface area contributed by atoms with Crippen molar-refractivity contribution in [3.8, 4) is 5.75 Å². The van der Waals surface area contributed by atoms with Gasteiger partial charge in [0.2, 0.25) is 0 Å². The van der Waals surface area contributed by atoms with Gasteiger partial charge in [0, 0.05) is 0 Å². The van der Waals surface area contributed by atoms with Crippen molar-refractivity contribution in [2.75, 3.05) is 12.3 Å². The summed E-state index contributed by atoms with van der Waals surface area (Å²) in [4.78, 5) is 4.06. The molecule has 0 spiro atoms. The Morgan fingerprint density at radius 3 is 2.94 bits per heavy atom. The van der Waals surface area contributed by atoms with Crippen LogP contribution in [-0.2, 0) is 12.8 Å². The predicted octanol–water partition coefficient (Wildman–Crippen LogP) is 2.44. The first kappa shape index (κ1) is 11.5. The second kappa shape index (κ2) is 5.39. The van der Waals surface area contributed by atoms with Gasteiger partial charge in [-0.3, -0.25) is 0 Å². The lowest BCUT2D eigenvalue weighted by molar-refractivity contribution is 0.340. The molecule has 2 N–H and O–H groups in total. The molecule has 0 saturated carbocycles. The molecule has 90 valence electrons. The molecule has 0 saturated heterocycles. The minimum Gasteiger partial charge on any atom is -0.494 e. The molecule has 0 atom stereocenters. The molecule has 0 fully saturated rings. The summed E-state index contributed by atoms with van der Waals surface area (Å²) in [6, 6.07) is 8.31. The highest BCUT2D eigenvalue weighted by Gasteiger charge is 2.02. The first-order valence-corrected chi connectivity index (χ1v) is 5.69. The largest absolute Gasteiger partial charge is 0.494 e. The zero-order chi connectivity index (χ0) is 12.1. The minimum absolute atomic E-state index is 0.225. The van der Waals surface area contributed by atoms with Gasteiger partial charge in [-0.2, -0.15) is 4.98 Å². The predicted molar refractivity (Wildman–Crippen MR) is 65.9 cm³/mol. The highest BCUT2D eigenvalue weighted by molar-refractivity contribution is 5.29. The van der Waals surface area contributed by atoms with Crippen molar-refractivity contribution in [3.63, 3.8) is 0 Å². The van der Waals surface area contributed by atoms with Gasteiger partial charge < -0.3 is 14.9 Å². The first-order chi connectivity index (χ1) is 8.28. The lowest BCUT2D eigenvalue weighted by Gasteiger charge is -2.05. The SMILES string of the molecule is CCOc1cccc(CCc2coc(N)n2)c1. The molecule has 4 heteroatoms. The Hall–Kier alpha value is -1.97. The molecular weight excluding hydrogens is 216 g/mol. The molecular formula is C13H16N2O2. The van der Waals surface area contributed by atoms with E-state index in [1.165, 1.54) is 5.56 Å². The van der Waals surface area contributed by atoms with Gasteiger partial charge in [0.1, 0.15) is 12.0 Å². The van der Waals surface area contributed by atoms with Crippen LogP contribution in [0.15, 0.2) is 34.9 Å². The quantitative estimate of drug-likeness (QED) is 0.860. The molecule has 1 heterocycles. The highest BCUT2D eigenvalue weighted by atomic mass is 16.5. The van der Waals surface area contributed by atoms with Crippen LogP contribution < -0.4 is 10.5 Å². The lowest BCUT2D eigenvalue weighted by atomic mass is 10.1. The number of nitrogens with two attached hydrogens (primary N) is 1. The topological polar surface area (TPSA) is 61.3 Å². The third-order valence-electron chi connectivity index (χ3n) is 2.45. The summed E-state index contributed by atoms with van der Waals surface area (Å²) in [5, 5.41) is 0. The highest BCUT2D eigenvalue weighted by Crippen LogP contribution is 2.15. The summed E-state index contributed by atoms with van der Waals surface area (Å²) in [5.74, 6) is 0.907. The van der Waals surface area contributed by atoms with Crippen LogP contribution in [0.25, 0.3) is 0 Å². The molecule has 17 heavy (non-hydrogen) atoms. The number of hydrogen-bond acceptors (Lipinski definition) is 4. The van der Waals surface area contributed by atoms with E-state index in [1.54, 1.807) is 6.26 Å². The van der Waals surface area contributed by atoms with Gasteiger partial charge in [0.25, 0.3) is 6.01 Å².